The molecular formula is C12H17N7O2. The molecule has 21 heavy (non-hydrogen) atoms. The zero-order valence-corrected chi connectivity index (χ0v) is 11.7. The molecule has 9 heteroatoms. The zero-order chi connectivity index (χ0) is 15.2. The van der Waals surface area contributed by atoms with Crippen LogP contribution in [0.2, 0.25) is 0 Å². The van der Waals surface area contributed by atoms with Crippen molar-refractivity contribution in [1.29, 1.82) is 0 Å². The first-order valence-corrected chi connectivity index (χ1v) is 6.62. The Hall–Kier alpha value is -2.71. The van der Waals surface area contributed by atoms with Gasteiger partial charge in [-0.05, 0) is 6.42 Å². The Kier molecular flexibility index (Phi) is 4.64. The summed E-state index contributed by atoms with van der Waals surface area (Å²) in [5, 5.41) is 1.58. The second kappa shape index (κ2) is 6.64. The van der Waals surface area contributed by atoms with Crippen LogP contribution in [0.1, 0.15) is 26.2 Å². The Labute approximate surface area is 120 Å². The van der Waals surface area contributed by atoms with Gasteiger partial charge in [-0.1, -0.05) is 6.92 Å². The molecule has 0 atom stereocenters. The van der Waals surface area contributed by atoms with Crippen molar-refractivity contribution in [3.63, 3.8) is 0 Å². The molecule has 2 aromatic rings. The Morgan fingerprint density at radius 3 is 3.00 bits per heavy atom. The van der Waals surface area contributed by atoms with Crippen LogP contribution in [-0.2, 0) is 9.59 Å². The first-order valence-electron chi connectivity index (χ1n) is 6.62. The van der Waals surface area contributed by atoms with E-state index in [0.29, 0.717) is 35.8 Å². The van der Waals surface area contributed by atoms with Gasteiger partial charge in [0.1, 0.15) is 18.1 Å². The highest BCUT2D eigenvalue weighted by Gasteiger charge is 2.15. The maximum absolute atomic E-state index is 11.7. The molecule has 0 bridgehead atoms. The van der Waals surface area contributed by atoms with Crippen LogP contribution in [0.3, 0.4) is 0 Å². The number of nitrogens with two attached hydrogens (primary N) is 1. The van der Waals surface area contributed by atoms with E-state index in [1.54, 1.807) is 5.01 Å². The highest BCUT2D eigenvalue weighted by atomic mass is 16.2. The van der Waals surface area contributed by atoms with Crippen molar-refractivity contribution >= 4 is 35.1 Å². The number of nitrogen functional groups attached to an aromatic ring is 1. The molecule has 0 unspecified atom stereocenters. The lowest BCUT2D eigenvalue weighted by Crippen LogP contribution is -2.43. The molecule has 0 saturated heterocycles. The number of aromatic nitrogens is 4. The molecule has 0 saturated carbocycles. The van der Waals surface area contributed by atoms with Crippen molar-refractivity contribution < 1.29 is 9.59 Å². The summed E-state index contributed by atoms with van der Waals surface area (Å²) in [6.45, 7) is 2.53. The van der Waals surface area contributed by atoms with E-state index in [0.717, 1.165) is 6.42 Å². The summed E-state index contributed by atoms with van der Waals surface area (Å²) in [5.74, 6) is 0.469. The number of carbonyl (C=O) groups excluding carboxylic acids is 2. The summed E-state index contributed by atoms with van der Waals surface area (Å²) in [4.78, 5) is 37.2. The van der Waals surface area contributed by atoms with Gasteiger partial charge < -0.3 is 15.5 Å². The number of hydrogen-bond acceptors (Lipinski definition) is 7. The minimum absolute atomic E-state index is 0.131. The summed E-state index contributed by atoms with van der Waals surface area (Å²) in [5.41, 5.74) is 9.40. The van der Waals surface area contributed by atoms with Gasteiger partial charge in [0, 0.05) is 19.4 Å². The Bertz CT molecular complexity index is 640. The lowest BCUT2D eigenvalue weighted by Gasteiger charge is -2.21. The third-order valence-electron chi connectivity index (χ3n) is 2.76. The van der Waals surface area contributed by atoms with Crippen LogP contribution in [0, 0.1) is 0 Å². The number of anilines is 2. The maximum atomic E-state index is 11.7. The van der Waals surface area contributed by atoms with Gasteiger partial charge in [-0.2, -0.15) is 4.98 Å². The number of rotatable bonds is 7. The van der Waals surface area contributed by atoms with E-state index in [-0.39, 0.29) is 18.7 Å². The largest absolute Gasteiger partial charge is 0.382 e. The van der Waals surface area contributed by atoms with Gasteiger partial charge in [0.15, 0.2) is 11.5 Å². The van der Waals surface area contributed by atoms with E-state index >= 15 is 0 Å². The van der Waals surface area contributed by atoms with Crippen molar-refractivity contribution in [2.75, 3.05) is 17.3 Å². The maximum Gasteiger partial charge on any atom is 0.239 e. The molecule has 1 amide bonds. The molecule has 4 N–H and O–H groups in total. The molecule has 0 aliphatic heterocycles. The van der Waals surface area contributed by atoms with Crippen molar-refractivity contribution in [3.8, 4) is 0 Å². The fourth-order valence-corrected chi connectivity index (χ4v) is 1.80. The Morgan fingerprint density at radius 2 is 2.33 bits per heavy atom. The molecule has 9 nitrogen and oxygen atoms in total. The first-order chi connectivity index (χ1) is 10.2. The van der Waals surface area contributed by atoms with Crippen LogP contribution in [-0.4, -0.2) is 38.7 Å². The molecule has 0 aliphatic rings. The van der Waals surface area contributed by atoms with E-state index in [1.165, 1.54) is 6.33 Å². The van der Waals surface area contributed by atoms with Gasteiger partial charge in [0.05, 0.1) is 0 Å². The first kappa shape index (κ1) is 14.7. The predicted octanol–water partition coefficient (Wildman–Crippen LogP) is 0.162. The van der Waals surface area contributed by atoms with Gasteiger partial charge in [0.2, 0.25) is 11.9 Å². The minimum Gasteiger partial charge on any atom is -0.382 e. The van der Waals surface area contributed by atoms with Crippen LogP contribution >= 0.6 is 0 Å². The van der Waals surface area contributed by atoms with Gasteiger partial charge in [0.25, 0.3) is 0 Å². The molecule has 2 rings (SSSR count). The molecule has 2 heterocycles. The van der Waals surface area contributed by atoms with E-state index < -0.39 is 0 Å². The second-order valence-corrected chi connectivity index (χ2v) is 4.41. The minimum atomic E-state index is -0.255. The topological polar surface area (TPSA) is 130 Å². The van der Waals surface area contributed by atoms with E-state index in [1.807, 2.05) is 6.92 Å². The third-order valence-corrected chi connectivity index (χ3v) is 2.76. The van der Waals surface area contributed by atoms with Crippen LogP contribution in [0.15, 0.2) is 6.33 Å². The van der Waals surface area contributed by atoms with Crippen LogP contribution in [0.4, 0.5) is 11.8 Å². The fourth-order valence-electron chi connectivity index (χ4n) is 1.80. The van der Waals surface area contributed by atoms with Crippen molar-refractivity contribution in [1.82, 2.24) is 25.4 Å². The average Bonchev–Trinajstić information content (AvgIpc) is 2.90. The van der Waals surface area contributed by atoms with Crippen molar-refractivity contribution in [2.45, 2.75) is 26.2 Å². The normalized spacial score (nSPS) is 10.5. The van der Waals surface area contributed by atoms with Crippen molar-refractivity contribution in [2.24, 2.45) is 0 Å². The Morgan fingerprint density at radius 1 is 1.52 bits per heavy atom. The summed E-state index contributed by atoms with van der Waals surface area (Å²) >= 11 is 0. The van der Waals surface area contributed by atoms with Crippen LogP contribution in [0.5, 0.6) is 0 Å². The van der Waals surface area contributed by atoms with Crippen LogP contribution < -0.4 is 16.2 Å². The molecule has 0 fully saturated rings. The van der Waals surface area contributed by atoms with Crippen LogP contribution in [0.25, 0.3) is 11.2 Å². The Balaban J connectivity index is 2.21. The molecule has 112 valence electrons. The van der Waals surface area contributed by atoms with E-state index in [2.05, 4.69) is 25.4 Å². The molecule has 2 aromatic heterocycles. The lowest BCUT2D eigenvalue weighted by molar-refractivity contribution is -0.122. The summed E-state index contributed by atoms with van der Waals surface area (Å²) < 4.78 is 0. The van der Waals surface area contributed by atoms with Gasteiger partial charge >= 0.3 is 0 Å². The lowest BCUT2D eigenvalue weighted by atomic mass is 10.3. The summed E-state index contributed by atoms with van der Waals surface area (Å²) in [6, 6.07) is 0. The number of imidazole rings is 1. The number of aldehydes is 1. The monoisotopic (exact) mass is 291 g/mol. The molecule has 0 radical (unpaired) electrons. The number of nitrogens with one attached hydrogen (secondary N) is 2. The second-order valence-electron chi connectivity index (χ2n) is 4.41. The number of hydrogen-bond donors (Lipinski definition) is 3. The number of carbonyl (C=O) groups is 2. The number of H-pyrrole nitrogens is 1. The van der Waals surface area contributed by atoms with Gasteiger partial charge in [-0.15, -0.1) is 0 Å². The summed E-state index contributed by atoms with van der Waals surface area (Å²) in [6.07, 6.45) is 3.15. The number of fused-ring (bicyclic) bond motifs is 1. The fraction of sp³-hybridized carbons (Fsp3) is 0.417. The highest BCUT2D eigenvalue weighted by Crippen LogP contribution is 2.18. The molecular weight excluding hydrogens is 274 g/mol. The zero-order valence-electron chi connectivity index (χ0n) is 11.7. The number of hydrazine groups is 1. The predicted molar refractivity (Wildman–Crippen MR) is 77.2 cm³/mol. The van der Waals surface area contributed by atoms with E-state index in [4.69, 9.17) is 5.73 Å². The number of nitrogens with zero attached hydrogens (tertiary/aromatic N) is 4. The smallest absolute Gasteiger partial charge is 0.239 e. The molecule has 0 spiro atoms. The van der Waals surface area contributed by atoms with Gasteiger partial charge in [-0.25, -0.2) is 9.97 Å². The van der Waals surface area contributed by atoms with Crippen molar-refractivity contribution in [3.05, 3.63) is 6.33 Å². The highest BCUT2D eigenvalue weighted by molar-refractivity contribution is 5.84. The summed E-state index contributed by atoms with van der Waals surface area (Å²) in [7, 11) is 0. The number of aromatic amines is 1. The average molecular weight is 291 g/mol. The molecule has 0 aliphatic carbocycles. The van der Waals surface area contributed by atoms with Gasteiger partial charge in [-0.3, -0.25) is 15.2 Å². The number of amides is 1. The third kappa shape index (κ3) is 3.44. The standard InChI is InChI=1S/C12H17N7O2/c1-2-5-19(18-8(21)4-3-6-20)12-16-9-10(13)14-7-15-11(9)17-12/h6-7H,2-5H2,1H3,(H,18,21)(H3,13,14,15,16,17). The van der Waals surface area contributed by atoms with E-state index in [9.17, 15) is 9.59 Å². The quantitative estimate of drug-likeness (QED) is 0.489. The molecule has 0 aromatic carbocycles. The SMILES string of the molecule is CCCN(NC(=O)CCC=O)c1nc2ncnc(N)c2[nH]1.